The van der Waals surface area contributed by atoms with Gasteiger partial charge in [-0.3, -0.25) is 0 Å². The van der Waals surface area contributed by atoms with Crippen LogP contribution in [0.1, 0.15) is 33.6 Å². The van der Waals surface area contributed by atoms with Crippen LogP contribution in [0.25, 0.3) is 0 Å². The Balaban J connectivity index is 2.56. The van der Waals surface area contributed by atoms with Gasteiger partial charge in [-0.2, -0.15) is 0 Å². The Labute approximate surface area is 112 Å². The van der Waals surface area contributed by atoms with Gasteiger partial charge in [0.15, 0.2) is 0 Å². The summed E-state index contributed by atoms with van der Waals surface area (Å²) in [4.78, 5) is 0. The molecule has 0 aromatic heterocycles. The third kappa shape index (κ3) is 4.34. The second-order valence-corrected chi connectivity index (χ2v) is 5.82. The van der Waals surface area contributed by atoms with Crippen LogP contribution in [-0.2, 0) is 0 Å². The van der Waals surface area contributed by atoms with Gasteiger partial charge in [0, 0.05) is 6.04 Å². The lowest BCUT2D eigenvalue weighted by molar-refractivity contribution is 0.527. The molecular formula is C13H19BrClN. The molecule has 0 fully saturated rings. The molecule has 1 atom stereocenters. The predicted molar refractivity (Wildman–Crippen MR) is 76.3 cm³/mol. The van der Waals surface area contributed by atoms with Gasteiger partial charge in [-0.1, -0.05) is 31.5 Å². The van der Waals surface area contributed by atoms with E-state index in [2.05, 4.69) is 42.0 Å². The normalized spacial score (nSPS) is 12.9. The maximum absolute atomic E-state index is 6.04. The highest BCUT2D eigenvalue weighted by Gasteiger charge is 2.07. The molecule has 1 rings (SSSR count). The predicted octanol–water partition coefficient (Wildman–Crippen LogP) is 5.34. The zero-order chi connectivity index (χ0) is 12.1. The summed E-state index contributed by atoms with van der Waals surface area (Å²) in [5.41, 5.74) is 1.07. The number of halogens is 2. The van der Waals surface area contributed by atoms with E-state index < -0.39 is 0 Å². The SMILES string of the molecule is CC(C)CCC(C)Nc1cccc(Cl)c1Br. The van der Waals surface area contributed by atoms with Crippen LogP contribution in [0, 0.1) is 5.92 Å². The maximum atomic E-state index is 6.04. The Hall–Kier alpha value is -0.210. The molecule has 0 radical (unpaired) electrons. The summed E-state index contributed by atoms with van der Waals surface area (Å²) in [5.74, 6) is 0.757. The molecule has 90 valence electrons. The summed E-state index contributed by atoms with van der Waals surface area (Å²) in [6.45, 7) is 6.71. The van der Waals surface area contributed by atoms with Crippen LogP contribution in [0.2, 0.25) is 5.02 Å². The van der Waals surface area contributed by atoms with Crippen LogP contribution in [0.3, 0.4) is 0 Å². The average molecular weight is 305 g/mol. The summed E-state index contributed by atoms with van der Waals surface area (Å²) < 4.78 is 0.952. The topological polar surface area (TPSA) is 12.0 Å². The molecular weight excluding hydrogens is 286 g/mol. The van der Waals surface area contributed by atoms with Crippen LogP contribution >= 0.6 is 27.5 Å². The second kappa shape index (κ2) is 6.51. The first-order chi connectivity index (χ1) is 7.50. The average Bonchev–Trinajstić information content (AvgIpc) is 2.22. The van der Waals surface area contributed by atoms with E-state index in [0.717, 1.165) is 21.1 Å². The lowest BCUT2D eigenvalue weighted by atomic mass is 10.0. The van der Waals surface area contributed by atoms with Gasteiger partial charge in [0.05, 0.1) is 15.2 Å². The fraction of sp³-hybridized carbons (Fsp3) is 0.538. The first-order valence-electron chi connectivity index (χ1n) is 5.71. The van der Waals surface area contributed by atoms with Gasteiger partial charge in [-0.05, 0) is 53.7 Å². The number of nitrogens with one attached hydrogen (secondary N) is 1. The molecule has 0 bridgehead atoms. The molecule has 0 aliphatic carbocycles. The first-order valence-corrected chi connectivity index (χ1v) is 6.88. The van der Waals surface area contributed by atoms with Gasteiger partial charge in [0.25, 0.3) is 0 Å². The van der Waals surface area contributed by atoms with E-state index in [9.17, 15) is 0 Å². The number of hydrogen-bond acceptors (Lipinski definition) is 1. The Morgan fingerprint density at radius 3 is 2.56 bits per heavy atom. The molecule has 0 spiro atoms. The van der Waals surface area contributed by atoms with Crippen LogP contribution in [0.5, 0.6) is 0 Å². The molecule has 0 aliphatic rings. The van der Waals surface area contributed by atoms with Gasteiger partial charge in [-0.15, -0.1) is 0 Å². The molecule has 0 aliphatic heterocycles. The fourth-order valence-corrected chi connectivity index (χ4v) is 2.09. The molecule has 0 amide bonds. The van der Waals surface area contributed by atoms with Crippen molar-refractivity contribution in [2.75, 3.05) is 5.32 Å². The molecule has 1 nitrogen and oxygen atoms in total. The lowest BCUT2D eigenvalue weighted by Crippen LogP contribution is -2.16. The van der Waals surface area contributed by atoms with E-state index in [1.807, 2.05) is 18.2 Å². The van der Waals surface area contributed by atoms with E-state index in [-0.39, 0.29) is 0 Å². The molecule has 1 unspecified atom stereocenters. The zero-order valence-corrected chi connectivity index (χ0v) is 12.4. The quantitative estimate of drug-likeness (QED) is 0.774. The zero-order valence-electron chi connectivity index (χ0n) is 10.1. The Morgan fingerprint density at radius 2 is 1.94 bits per heavy atom. The summed E-state index contributed by atoms with van der Waals surface area (Å²) in [6, 6.07) is 6.36. The highest BCUT2D eigenvalue weighted by molar-refractivity contribution is 9.10. The van der Waals surface area contributed by atoms with Crippen LogP contribution < -0.4 is 5.32 Å². The van der Waals surface area contributed by atoms with Crippen LogP contribution in [0.15, 0.2) is 22.7 Å². The highest BCUT2D eigenvalue weighted by atomic mass is 79.9. The minimum Gasteiger partial charge on any atom is -0.382 e. The van der Waals surface area contributed by atoms with E-state index in [1.54, 1.807) is 0 Å². The summed E-state index contributed by atoms with van der Waals surface area (Å²) >= 11 is 9.53. The lowest BCUT2D eigenvalue weighted by Gasteiger charge is -2.17. The van der Waals surface area contributed by atoms with Gasteiger partial charge < -0.3 is 5.32 Å². The Bertz CT molecular complexity index is 339. The third-order valence-electron chi connectivity index (χ3n) is 2.53. The van der Waals surface area contributed by atoms with Crippen LogP contribution in [-0.4, -0.2) is 6.04 Å². The summed E-state index contributed by atoms with van der Waals surface area (Å²) in [5, 5.41) is 4.23. The van der Waals surface area contributed by atoms with E-state index in [4.69, 9.17) is 11.6 Å². The van der Waals surface area contributed by atoms with Crippen molar-refractivity contribution in [2.24, 2.45) is 5.92 Å². The Morgan fingerprint density at radius 1 is 1.25 bits per heavy atom. The molecule has 3 heteroatoms. The van der Waals surface area contributed by atoms with Crippen molar-refractivity contribution in [2.45, 2.75) is 39.7 Å². The largest absolute Gasteiger partial charge is 0.382 e. The monoisotopic (exact) mass is 303 g/mol. The molecule has 16 heavy (non-hydrogen) atoms. The van der Waals surface area contributed by atoms with E-state index >= 15 is 0 Å². The van der Waals surface area contributed by atoms with Crippen LogP contribution in [0.4, 0.5) is 5.69 Å². The molecule has 1 N–H and O–H groups in total. The van der Waals surface area contributed by atoms with Crippen molar-refractivity contribution >= 4 is 33.2 Å². The van der Waals surface area contributed by atoms with Gasteiger partial charge in [0.2, 0.25) is 0 Å². The minimum absolute atomic E-state index is 0.470. The van der Waals surface area contributed by atoms with Crippen molar-refractivity contribution in [3.8, 4) is 0 Å². The standard InChI is InChI=1S/C13H19BrClN/c1-9(2)7-8-10(3)16-12-6-4-5-11(15)13(12)14/h4-6,9-10,16H,7-8H2,1-3H3. The van der Waals surface area contributed by atoms with Crippen molar-refractivity contribution in [1.82, 2.24) is 0 Å². The summed E-state index contributed by atoms with van der Waals surface area (Å²) in [6.07, 6.45) is 2.42. The molecule has 0 heterocycles. The number of benzene rings is 1. The molecule has 0 saturated carbocycles. The van der Waals surface area contributed by atoms with Crippen molar-refractivity contribution in [3.05, 3.63) is 27.7 Å². The van der Waals surface area contributed by atoms with Crippen molar-refractivity contribution in [3.63, 3.8) is 0 Å². The summed E-state index contributed by atoms with van der Waals surface area (Å²) in [7, 11) is 0. The van der Waals surface area contributed by atoms with Gasteiger partial charge in [-0.25, -0.2) is 0 Å². The fourth-order valence-electron chi connectivity index (χ4n) is 1.54. The number of hydrogen-bond donors (Lipinski definition) is 1. The number of rotatable bonds is 5. The first kappa shape index (κ1) is 13.9. The van der Waals surface area contributed by atoms with E-state index in [0.29, 0.717) is 6.04 Å². The maximum Gasteiger partial charge on any atom is 0.0593 e. The smallest absolute Gasteiger partial charge is 0.0593 e. The van der Waals surface area contributed by atoms with E-state index in [1.165, 1.54) is 12.8 Å². The van der Waals surface area contributed by atoms with Crippen molar-refractivity contribution in [1.29, 1.82) is 0 Å². The molecule has 1 aromatic rings. The minimum atomic E-state index is 0.470. The highest BCUT2D eigenvalue weighted by Crippen LogP contribution is 2.30. The Kier molecular flexibility index (Phi) is 5.63. The molecule has 0 saturated heterocycles. The third-order valence-corrected chi connectivity index (χ3v) is 3.93. The van der Waals surface area contributed by atoms with Crippen molar-refractivity contribution < 1.29 is 0 Å². The van der Waals surface area contributed by atoms with Gasteiger partial charge >= 0.3 is 0 Å². The molecule has 1 aromatic carbocycles. The van der Waals surface area contributed by atoms with Gasteiger partial charge in [0.1, 0.15) is 0 Å². The second-order valence-electron chi connectivity index (χ2n) is 4.62. The number of anilines is 1.